The van der Waals surface area contributed by atoms with E-state index in [1.807, 2.05) is 6.92 Å². The van der Waals surface area contributed by atoms with Crippen LogP contribution in [0.2, 0.25) is 5.02 Å². The zero-order valence-electron chi connectivity index (χ0n) is 13.0. The van der Waals surface area contributed by atoms with E-state index < -0.39 is 0 Å². The molecule has 1 aromatic rings. The van der Waals surface area contributed by atoms with Crippen molar-refractivity contribution >= 4 is 29.1 Å². The van der Waals surface area contributed by atoms with Gasteiger partial charge in [-0.15, -0.1) is 0 Å². The second kappa shape index (κ2) is 9.95. The lowest BCUT2D eigenvalue weighted by Crippen LogP contribution is -2.35. The molecule has 0 aliphatic rings. The van der Waals surface area contributed by atoms with Crippen LogP contribution in [-0.4, -0.2) is 24.1 Å². The number of nitrogens with one attached hydrogen (secondary N) is 2. The molecule has 0 aliphatic heterocycles. The molecule has 0 saturated carbocycles. The second-order valence-corrected chi connectivity index (χ2v) is 5.30. The Hall–Kier alpha value is -1.88. The molecular weight excluding hydrogens is 302 g/mol. The van der Waals surface area contributed by atoms with Gasteiger partial charge in [-0.2, -0.15) is 5.10 Å². The smallest absolute Gasteiger partial charge is 0.259 e. The topological polar surface area (TPSA) is 70.6 Å². The number of unbranched alkanes of at least 4 members (excludes halogenated alkanes) is 1. The third kappa shape index (κ3) is 6.72. The maximum atomic E-state index is 11.8. The van der Waals surface area contributed by atoms with Gasteiger partial charge in [-0.3, -0.25) is 9.59 Å². The van der Waals surface area contributed by atoms with E-state index in [0.717, 1.165) is 31.4 Å². The Labute approximate surface area is 136 Å². The summed E-state index contributed by atoms with van der Waals surface area (Å²) in [6.07, 6.45) is 3.82. The molecule has 1 rings (SSSR count). The summed E-state index contributed by atoms with van der Waals surface area (Å²) < 4.78 is 0. The first-order valence-electron chi connectivity index (χ1n) is 7.44. The number of amides is 2. The monoisotopic (exact) mass is 323 g/mol. The summed E-state index contributed by atoms with van der Waals surface area (Å²) in [6, 6.07) is 6.46. The highest BCUT2D eigenvalue weighted by atomic mass is 35.5. The van der Waals surface area contributed by atoms with Crippen LogP contribution in [0, 0.1) is 0 Å². The Morgan fingerprint density at radius 2 is 1.86 bits per heavy atom. The number of hydrazone groups is 1. The summed E-state index contributed by atoms with van der Waals surface area (Å²) in [4.78, 5) is 23.5. The quantitative estimate of drug-likeness (QED) is 0.570. The Balaban J connectivity index is 2.40. The molecule has 0 saturated heterocycles. The van der Waals surface area contributed by atoms with Crippen LogP contribution in [-0.2, 0) is 4.79 Å². The van der Waals surface area contributed by atoms with E-state index in [4.69, 9.17) is 11.6 Å². The molecular formula is C16H22ClN3O2. The number of benzene rings is 1. The van der Waals surface area contributed by atoms with E-state index in [1.165, 1.54) is 0 Å². The second-order valence-electron chi connectivity index (χ2n) is 4.86. The third-order valence-electron chi connectivity index (χ3n) is 3.08. The van der Waals surface area contributed by atoms with Gasteiger partial charge in [0, 0.05) is 16.3 Å². The Morgan fingerprint density at radius 3 is 2.45 bits per heavy atom. The number of carbonyl (C=O) groups excluding carboxylic acids is 2. The van der Waals surface area contributed by atoms with Crippen LogP contribution in [0.25, 0.3) is 0 Å². The van der Waals surface area contributed by atoms with Crippen LogP contribution in [0.3, 0.4) is 0 Å². The molecule has 0 aromatic heterocycles. The Kier molecular flexibility index (Phi) is 8.22. The molecule has 6 heteroatoms. The number of nitrogens with zero attached hydrogens (tertiary/aromatic N) is 1. The van der Waals surface area contributed by atoms with Crippen LogP contribution in [0.1, 0.15) is 49.9 Å². The van der Waals surface area contributed by atoms with Gasteiger partial charge in [0.1, 0.15) is 0 Å². The van der Waals surface area contributed by atoms with Crippen molar-refractivity contribution < 1.29 is 9.59 Å². The average Bonchev–Trinajstić information content (AvgIpc) is 2.53. The van der Waals surface area contributed by atoms with Crippen molar-refractivity contribution in [2.45, 2.75) is 39.5 Å². The minimum absolute atomic E-state index is 0.115. The van der Waals surface area contributed by atoms with E-state index in [2.05, 4.69) is 22.8 Å². The van der Waals surface area contributed by atoms with E-state index in [0.29, 0.717) is 10.6 Å². The lowest BCUT2D eigenvalue weighted by atomic mass is 10.1. The van der Waals surface area contributed by atoms with Gasteiger partial charge in [0.25, 0.3) is 11.8 Å². The molecule has 22 heavy (non-hydrogen) atoms. The molecule has 2 N–H and O–H groups in total. The van der Waals surface area contributed by atoms with Gasteiger partial charge in [0.2, 0.25) is 0 Å². The number of rotatable bonds is 8. The van der Waals surface area contributed by atoms with Crippen molar-refractivity contribution in [3.63, 3.8) is 0 Å². The third-order valence-corrected chi connectivity index (χ3v) is 3.33. The van der Waals surface area contributed by atoms with E-state index in [1.54, 1.807) is 24.3 Å². The van der Waals surface area contributed by atoms with Gasteiger partial charge in [-0.1, -0.05) is 31.9 Å². The number of hydrogen-bond acceptors (Lipinski definition) is 3. The number of carbonyl (C=O) groups is 2. The highest BCUT2D eigenvalue weighted by Gasteiger charge is 2.07. The standard InChI is InChI=1S/C16H22ClN3O2/c1-3-5-6-14(4-2)19-20-15(21)11-18-16(22)12-7-9-13(17)10-8-12/h7-10H,3-6,11H2,1-2H3,(H,18,22)(H,20,21). The highest BCUT2D eigenvalue weighted by molar-refractivity contribution is 6.30. The molecule has 0 bridgehead atoms. The van der Waals surface area contributed by atoms with Crippen molar-refractivity contribution in [3.8, 4) is 0 Å². The lowest BCUT2D eigenvalue weighted by Gasteiger charge is -2.06. The Morgan fingerprint density at radius 1 is 1.18 bits per heavy atom. The summed E-state index contributed by atoms with van der Waals surface area (Å²) in [7, 11) is 0. The first kappa shape index (κ1) is 18.2. The summed E-state index contributed by atoms with van der Waals surface area (Å²) in [5.41, 5.74) is 3.89. The van der Waals surface area contributed by atoms with Gasteiger partial charge in [-0.05, 0) is 43.5 Å². The summed E-state index contributed by atoms with van der Waals surface area (Å²) in [6.45, 7) is 4.00. The molecule has 0 fully saturated rings. The molecule has 0 heterocycles. The summed E-state index contributed by atoms with van der Waals surface area (Å²) >= 11 is 5.75. The predicted molar refractivity (Wildman–Crippen MR) is 89.2 cm³/mol. The fraction of sp³-hybridized carbons (Fsp3) is 0.438. The van der Waals surface area contributed by atoms with Crippen LogP contribution in [0.15, 0.2) is 29.4 Å². The summed E-state index contributed by atoms with van der Waals surface area (Å²) in [5.74, 6) is -0.665. The zero-order chi connectivity index (χ0) is 16.4. The van der Waals surface area contributed by atoms with E-state index in [9.17, 15) is 9.59 Å². The van der Waals surface area contributed by atoms with Crippen molar-refractivity contribution in [2.75, 3.05) is 6.54 Å². The van der Waals surface area contributed by atoms with Crippen molar-refractivity contribution in [1.29, 1.82) is 0 Å². The van der Waals surface area contributed by atoms with Gasteiger partial charge >= 0.3 is 0 Å². The molecule has 0 radical (unpaired) electrons. The number of hydrogen-bond donors (Lipinski definition) is 2. The van der Waals surface area contributed by atoms with Gasteiger partial charge < -0.3 is 5.32 Å². The van der Waals surface area contributed by atoms with Crippen molar-refractivity contribution in [3.05, 3.63) is 34.9 Å². The normalized spacial score (nSPS) is 11.1. The van der Waals surface area contributed by atoms with Gasteiger partial charge in [0.15, 0.2) is 0 Å². The predicted octanol–water partition coefficient (Wildman–Crippen LogP) is 3.14. The lowest BCUT2D eigenvalue weighted by molar-refractivity contribution is -0.120. The van der Waals surface area contributed by atoms with Gasteiger partial charge in [-0.25, -0.2) is 5.43 Å². The van der Waals surface area contributed by atoms with E-state index in [-0.39, 0.29) is 18.4 Å². The molecule has 2 amide bonds. The molecule has 120 valence electrons. The average molecular weight is 324 g/mol. The molecule has 1 aromatic carbocycles. The van der Waals surface area contributed by atoms with Crippen LogP contribution < -0.4 is 10.7 Å². The Bertz CT molecular complexity index is 527. The molecule has 0 atom stereocenters. The molecule has 5 nitrogen and oxygen atoms in total. The first-order chi connectivity index (χ1) is 10.6. The molecule has 0 aliphatic carbocycles. The zero-order valence-corrected chi connectivity index (χ0v) is 13.7. The van der Waals surface area contributed by atoms with Crippen LogP contribution in [0.4, 0.5) is 0 Å². The SMILES string of the molecule is CCCCC(CC)=NNC(=O)CNC(=O)c1ccc(Cl)cc1. The first-order valence-corrected chi connectivity index (χ1v) is 7.82. The minimum Gasteiger partial charge on any atom is -0.343 e. The molecule has 0 spiro atoms. The van der Waals surface area contributed by atoms with Crippen LogP contribution in [0.5, 0.6) is 0 Å². The fourth-order valence-electron chi connectivity index (χ4n) is 1.74. The maximum Gasteiger partial charge on any atom is 0.259 e. The maximum absolute atomic E-state index is 11.8. The highest BCUT2D eigenvalue weighted by Crippen LogP contribution is 2.09. The van der Waals surface area contributed by atoms with Crippen molar-refractivity contribution in [2.24, 2.45) is 5.10 Å². The molecule has 0 unspecified atom stereocenters. The largest absolute Gasteiger partial charge is 0.343 e. The number of halogens is 1. The van der Waals surface area contributed by atoms with E-state index >= 15 is 0 Å². The van der Waals surface area contributed by atoms with Gasteiger partial charge in [0.05, 0.1) is 6.54 Å². The van der Waals surface area contributed by atoms with Crippen molar-refractivity contribution in [1.82, 2.24) is 10.7 Å². The fourth-order valence-corrected chi connectivity index (χ4v) is 1.86. The summed E-state index contributed by atoms with van der Waals surface area (Å²) in [5, 5.41) is 7.19. The minimum atomic E-state index is -0.343. The van der Waals surface area contributed by atoms with Crippen LogP contribution >= 0.6 is 11.6 Å².